The molecule has 0 spiro atoms. The third kappa shape index (κ3) is 6.73. The molecule has 0 bridgehead atoms. The Kier molecular flexibility index (Phi) is 8.99. The minimum atomic E-state index is -1.27. The average molecular weight is 605 g/mol. The Morgan fingerprint density at radius 3 is 2.16 bits per heavy atom. The zero-order valence-electron chi connectivity index (χ0n) is 24.5. The van der Waals surface area contributed by atoms with Crippen LogP contribution in [0.1, 0.15) is 43.8 Å². The van der Waals surface area contributed by atoms with Crippen molar-refractivity contribution < 1.29 is 35.1 Å². The lowest BCUT2D eigenvalue weighted by molar-refractivity contribution is 0.0683. The van der Waals surface area contributed by atoms with Crippen molar-refractivity contribution in [2.45, 2.75) is 12.8 Å². The van der Waals surface area contributed by atoms with E-state index in [0.29, 0.717) is 32.9 Å². The lowest BCUT2D eigenvalue weighted by atomic mass is 9.91. The molecule has 1 heterocycles. The first kappa shape index (κ1) is 30.6. The van der Waals surface area contributed by atoms with E-state index in [1.54, 1.807) is 66.7 Å². The van der Waals surface area contributed by atoms with Crippen molar-refractivity contribution in [3.05, 3.63) is 119 Å². The molecule has 0 atom stereocenters. The zero-order chi connectivity index (χ0) is 32.1. The molecule has 45 heavy (non-hydrogen) atoms. The molecule has 228 valence electrons. The molecular formula is C36H32N2O7. The molecule has 5 N–H and O–H groups in total. The van der Waals surface area contributed by atoms with Gasteiger partial charge in [0.05, 0.1) is 0 Å². The van der Waals surface area contributed by atoms with Crippen molar-refractivity contribution in [3.63, 3.8) is 0 Å². The number of rotatable bonds is 6. The van der Waals surface area contributed by atoms with Crippen LogP contribution in [0.15, 0.2) is 96.0 Å². The highest BCUT2D eigenvalue weighted by molar-refractivity contribution is 6.07. The summed E-state index contributed by atoms with van der Waals surface area (Å²) in [5.74, 6) is -2.05. The van der Waals surface area contributed by atoms with Crippen molar-refractivity contribution in [1.29, 1.82) is 0 Å². The number of nitrogens with zero attached hydrogens (tertiary/aromatic N) is 2. The minimum absolute atomic E-state index is 0.0373. The van der Waals surface area contributed by atoms with E-state index in [9.17, 15) is 35.1 Å². The maximum absolute atomic E-state index is 11.8. The van der Waals surface area contributed by atoms with Gasteiger partial charge in [-0.15, -0.1) is 0 Å². The fourth-order valence-electron chi connectivity index (χ4n) is 5.41. The molecule has 0 aromatic heterocycles. The molecule has 1 aliphatic rings. The Morgan fingerprint density at radius 2 is 1.49 bits per heavy atom. The van der Waals surface area contributed by atoms with E-state index in [4.69, 9.17) is 0 Å². The Balaban J connectivity index is 0.000000211. The number of likely N-dealkylation sites (N-methyl/N-ethyl adjacent to an activating group) is 1. The summed E-state index contributed by atoms with van der Waals surface area (Å²) in [4.78, 5) is 29.9. The van der Waals surface area contributed by atoms with E-state index >= 15 is 0 Å². The maximum Gasteiger partial charge on any atom is 0.340 e. The third-order valence-corrected chi connectivity index (χ3v) is 7.65. The van der Waals surface area contributed by atoms with Gasteiger partial charge in [0.25, 0.3) is 0 Å². The minimum Gasteiger partial charge on any atom is -0.508 e. The summed E-state index contributed by atoms with van der Waals surface area (Å²) < 4.78 is 0. The van der Waals surface area contributed by atoms with Gasteiger partial charge in [-0.2, -0.15) is 0 Å². The molecule has 0 amide bonds. The molecule has 1 aliphatic heterocycles. The van der Waals surface area contributed by atoms with Gasteiger partial charge >= 0.3 is 11.9 Å². The number of fused-ring (bicyclic) bond motifs is 2. The van der Waals surface area contributed by atoms with Gasteiger partial charge in [0.2, 0.25) is 0 Å². The fourth-order valence-corrected chi connectivity index (χ4v) is 5.41. The average Bonchev–Trinajstić information content (AvgIpc) is 3.02. The molecule has 0 aliphatic carbocycles. The van der Waals surface area contributed by atoms with E-state index in [2.05, 4.69) is 9.89 Å². The quantitative estimate of drug-likeness (QED) is 0.147. The summed E-state index contributed by atoms with van der Waals surface area (Å²) in [5, 5.41) is 51.9. The topological polar surface area (TPSA) is 151 Å². The van der Waals surface area contributed by atoms with E-state index < -0.39 is 23.4 Å². The Labute approximate surface area is 259 Å². The number of aliphatic imine (C=N–C) groups is 1. The molecule has 9 nitrogen and oxygen atoms in total. The molecule has 0 saturated heterocycles. The highest BCUT2D eigenvalue weighted by Crippen LogP contribution is 2.38. The number of phenols is 3. The third-order valence-electron chi connectivity index (χ3n) is 7.65. The first-order valence-corrected chi connectivity index (χ1v) is 14.3. The first-order valence-electron chi connectivity index (χ1n) is 14.3. The molecular weight excluding hydrogens is 572 g/mol. The Bertz CT molecular complexity index is 1980. The number of amidine groups is 1. The van der Waals surface area contributed by atoms with E-state index in [1.807, 2.05) is 31.3 Å². The van der Waals surface area contributed by atoms with Gasteiger partial charge in [0.15, 0.2) is 0 Å². The number of carboxylic acid groups (broad SMARTS) is 2. The molecule has 5 aromatic rings. The molecule has 0 radical (unpaired) electrons. The van der Waals surface area contributed by atoms with Crippen LogP contribution < -0.4 is 0 Å². The normalized spacial score (nSPS) is 13.0. The number of phenolic OH excluding ortho intramolecular Hbond substituents is 1. The first-order chi connectivity index (χ1) is 21.6. The van der Waals surface area contributed by atoms with Gasteiger partial charge < -0.3 is 30.4 Å². The number of aromatic hydroxyl groups is 3. The number of aromatic carboxylic acids is 2. The van der Waals surface area contributed by atoms with Crippen LogP contribution in [0.5, 0.6) is 17.2 Å². The van der Waals surface area contributed by atoms with Gasteiger partial charge in [-0.1, -0.05) is 66.7 Å². The second-order valence-electron chi connectivity index (χ2n) is 10.7. The van der Waals surface area contributed by atoms with Crippen LogP contribution in [0.25, 0.3) is 27.6 Å². The van der Waals surface area contributed by atoms with E-state index in [1.165, 1.54) is 6.07 Å². The largest absolute Gasteiger partial charge is 0.508 e. The van der Waals surface area contributed by atoms with Crippen LogP contribution in [0.4, 0.5) is 0 Å². The van der Waals surface area contributed by atoms with Crippen LogP contribution in [0.3, 0.4) is 0 Å². The van der Waals surface area contributed by atoms with Crippen LogP contribution in [-0.4, -0.2) is 68.3 Å². The lowest BCUT2D eigenvalue weighted by Gasteiger charge is -2.22. The number of hydrogen-bond donors (Lipinski definition) is 5. The molecule has 6 rings (SSSR count). The smallest absolute Gasteiger partial charge is 0.340 e. The second kappa shape index (κ2) is 13.2. The van der Waals surface area contributed by atoms with Crippen LogP contribution in [0, 0.1) is 0 Å². The summed E-state index contributed by atoms with van der Waals surface area (Å²) >= 11 is 0. The fraction of sp³-hybridized carbons (Fsp3) is 0.139. The van der Waals surface area contributed by atoms with Crippen molar-refractivity contribution in [3.8, 4) is 17.2 Å². The van der Waals surface area contributed by atoms with Gasteiger partial charge in [0.1, 0.15) is 34.2 Å². The summed E-state index contributed by atoms with van der Waals surface area (Å²) in [6.45, 7) is 1.97. The van der Waals surface area contributed by atoms with Crippen molar-refractivity contribution in [2.75, 3.05) is 20.1 Å². The summed E-state index contributed by atoms with van der Waals surface area (Å²) in [6, 6.07) is 24.0. The van der Waals surface area contributed by atoms with Crippen LogP contribution in [0.2, 0.25) is 0 Å². The maximum atomic E-state index is 11.8. The number of benzene rings is 5. The Morgan fingerprint density at radius 1 is 0.800 bits per heavy atom. The van der Waals surface area contributed by atoms with Crippen molar-refractivity contribution >= 4 is 45.4 Å². The summed E-state index contributed by atoms with van der Waals surface area (Å²) in [6.07, 6.45) is 5.05. The van der Waals surface area contributed by atoms with E-state index in [0.717, 1.165) is 30.9 Å². The highest BCUT2D eigenvalue weighted by Gasteiger charge is 2.22. The standard InChI is InChI=1S/C23H16O6.C13H16N2O/c24-20-14(9-12-5-2-4-8-16(12)19(20)23(28)29)11-17-15-7-3-1-6-13(15)10-18(21(17)25)22(26)27;1-15-9-3-8-14-13(15)7-6-11-4-2-5-12(16)10-11/h1-10,24-25H,11H2,(H,26,27)(H,28,29);2,4-7,10,16H,3,8-9H2,1H3/b;7-6+. The molecule has 9 heteroatoms. The van der Waals surface area contributed by atoms with Gasteiger partial charge in [-0.05, 0) is 69.4 Å². The van der Waals surface area contributed by atoms with Crippen molar-refractivity contribution in [1.82, 2.24) is 4.90 Å². The van der Waals surface area contributed by atoms with Crippen LogP contribution >= 0.6 is 0 Å². The molecule has 5 aromatic carbocycles. The number of carboxylic acids is 2. The predicted molar refractivity (Wildman–Crippen MR) is 175 cm³/mol. The Hall–Kier alpha value is -5.83. The second-order valence-corrected chi connectivity index (χ2v) is 10.7. The summed E-state index contributed by atoms with van der Waals surface area (Å²) in [5.41, 5.74) is 1.10. The van der Waals surface area contributed by atoms with Crippen molar-refractivity contribution in [2.24, 2.45) is 4.99 Å². The van der Waals surface area contributed by atoms with Crippen LogP contribution in [-0.2, 0) is 6.42 Å². The SMILES string of the molecule is CN1CCCN=C1/C=C/c1cccc(O)c1.O=C(O)c1cc2ccccc2c(Cc2cc3ccccc3c(C(=O)O)c2O)c1O. The monoisotopic (exact) mass is 604 g/mol. The van der Waals surface area contributed by atoms with Gasteiger partial charge in [-0.25, -0.2) is 9.59 Å². The molecule has 0 fully saturated rings. The zero-order valence-corrected chi connectivity index (χ0v) is 24.5. The van der Waals surface area contributed by atoms with E-state index in [-0.39, 0.29) is 23.1 Å². The molecule has 0 unspecified atom stereocenters. The highest BCUT2D eigenvalue weighted by atomic mass is 16.4. The number of hydrogen-bond acceptors (Lipinski definition) is 7. The van der Waals surface area contributed by atoms with Gasteiger partial charge in [-0.3, -0.25) is 4.99 Å². The summed E-state index contributed by atoms with van der Waals surface area (Å²) in [7, 11) is 2.05. The van der Waals surface area contributed by atoms with Gasteiger partial charge in [0, 0.05) is 32.1 Å². The lowest BCUT2D eigenvalue weighted by Crippen LogP contribution is -2.30. The number of carbonyl (C=O) groups is 2. The molecule has 0 saturated carbocycles. The predicted octanol–water partition coefficient (Wildman–Crippen LogP) is 6.53.